The van der Waals surface area contributed by atoms with E-state index in [2.05, 4.69) is 20.8 Å². The van der Waals surface area contributed by atoms with Crippen LogP contribution in [0, 0.1) is 5.82 Å². The minimum atomic E-state index is -0.140. The monoisotopic (exact) mass is 303 g/mol. The predicted molar refractivity (Wildman–Crippen MR) is 66.4 cm³/mol. The topological polar surface area (TPSA) is 60.2 Å². The lowest BCUT2D eigenvalue weighted by atomic mass is 10.2. The third kappa shape index (κ3) is 4.77. The van der Waals surface area contributed by atoms with Gasteiger partial charge in [-0.25, -0.2) is 9.07 Å². The number of tetrazole rings is 1. The van der Waals surface area contributed by atoms with Gasteiger partial charge >= 0.3 is 0 Å². The second-order valence-corrected chi connectivity index (χ2v) is 4.87. The van der Waals surface area contributed by atoms with Crippen LogP contribution < -0.4 is 17.7 Å². The van der Waals surface area contributed by atoms with Crippen molar-refractivity contribution in [2.75, 3.05) is 12.3 Å². The molecule has 0 saturated carbocycles. The first-order valence-corrected chi connectivity index (χ1v) is 6.66. The van der Waals surface area contributed by atoms with Crippen LogP contribution >= 0.6 is 11.8 Å². The van der Waals surface area contributed by atoms with Crippen molar-refractivity contribution in [1.82, 2.24) is 20.2 Å². The van der Waals surface area contributed by atoms with E-state index in [1.54, 1.807) is 22.5 Å². The third-order valence-electron chi connectivity index (χ3n) is 2.46. The second kappa shape index (κ2) is 8.08. The lowest BCUT2D eigenvalue weighted by Gasteiger charge is -2.02. The van der Waals surface area contributed by atoms with Crippen molar-refractivity contribution < 1.29 is 22.1 Å². The van der Waals surface area contributed by atoms with Crippen molar-refractivity contribution in [2.45, 2.75) is 11.7 Å². The maximum Gasteiger partial charge on any atom is 0.209 e. The highest BCUT2D eigenvalue weighted by molar-refractivity contribution is 7.99. The largest absolute Gasteiger partial charge is 1.00 e. The molecule has 0 spiro atoms. The van der Waals surface area contributed by atoms with Gasteiger partial charge in [0.15, 0.2) is 0 Å². The van der Waals surface area contributed by atoms with Crippen molar-refractivity contribution in [3.05, 3.63) is 35.6 Å². The Labute approximate surface area is 121 Å². The van der Waals surface area contributed by atoms with Gasteiger partial charge in [-0.3, -0.25) is 0 Å². The summed E-state index contributed by atoms with van der Waals surface area (Å²) in [6, 6.07) is 6.86. The molecule has 2 N–H and O–H groups in total. The predicted octanol–water partition coefficient (Wildman–Crippen LogP) is -2.79. The lowest BCUT2D eigenvalue weighted by Crippen LogP contribution is -3.00. The van der Waals surface area contributed by atoms with Crippen LogP contribution in [-0.4, -0.2) is 32.5 Å². The molecule has 5 nitrogen and oxygen atoms in total. The van der Waals surface area contributed by atoms with Crippen molar-refractivity contribution in [2.24, 2.45) is 7.05 Å². The average Bonchev–Trinajstić information content (AvgIpc) is 2.77. The highest BCUT2D eigenvalue weighted by atomic mass is 35.5. The van der Waals surface area contributed by atoms with Gasteiger partial charge in [-0.1, -0.05) is 30.0 Å². The normalized spacial score (nSPS) is 10.2. The summed E-state index contributed by atoms with van der Waals surface area (Å²) in [4.78, 5) is 0. The maximum absolute atomic E-state index is 13.3. The summed E-state index contributed by atoms with van der Waals surface area (Å²) in [6.07, 6.45) is 0. The van der Waals surface area contributed by atoms with E-state index in [0.717, 1.165) is 23.0 Å². The molecule has 0 aliphatic heterocycles. The zero-order valence-corrected chi connectivity index (χ0v) is 12.0. The standard InChI is InChI=1S/C11H14FN5S.ClH/c1-17-11(14-15-16-17)18-7-6-13-8-9-4-2-3-5-10(9)12;/h2-5,13H,6-8H2,1H3;1H. The number of aromatic nitrogens is 4. The first kappa shape index (κ1) is 15.9. The van der Waals surface area contributed by atoms with Crippen LogP contribution in [0.1, 0.15) is 5.56 Å². The molecule has 0 aliphatic rings. The molecule has 1 aromatic heterocycles. The first-order chi connectivity index (χ1) is 8.77. The molecule has 19 heavy (non-hydrogen) atoms. The molecule has 8 heteroatoms. The van der Waals surface area contributed by atoms with Crippen LogP contribution in [0.25, 0.3) is 0 Å². The minimum Gasteiger partial charge on any atom is -1.00 e. The number of halogens is 2. The Morgan fingerprint density at radius 3 is 2.84 bits per heavy atom. The van der Waals surface area contributed by atoms with E-state index in [1.165, 1.54) is 6.07 Å². The Kier molecular flexibility index (Phi) is 6.75. The van der Waals surface area contributed by atoms with Crippen LogP contribution in [0.4, 0.5) is 4.39 Å². The Hall–Kier alpha value is -1.18. The molecule has 2 aromatic rings. The van der Waals surface area contributed by atoms with Crippen LogP contribution in [0.2, 0.25) is 0 Å². The Morgan fingerprint density at radius 1 is 1.37 bits per heavy atom. The quantitative estimate of drug-likeness (QED) is 0.463. The van der Waals surface area contributed by atoms with E-state index in [-0.39, 0.29) is 18.2 Å². The number of nitrogens with two attached hydrogens (primary N) is 1. The van der Waals surface area contributed by atoms with Crippen molar-refractivity contribution in [3.8, 4) is 0 Å². The summed E-state index contributed by atoms with van der Waals surface area (Å²) in [5.74, 6) is 0.752. The fourth-order valence-electron chi connectivity index (χ4n) is 1.50. The summed E-state index contributed by atoms with van der Waals surface area (Å²) >= 11 is 1.59. The third-order valence-corrected chi connectivity index (χ3v) is 3.50. The van der Waals surface area contributed by atoms with E-state index in [9.17, 15) is 4.39 Å². The SMILES string of the molecule is Cn1nnnc1SCC[NH2+]Cc1ccccc1F.[Cl-]. The van der Waals surface area contributed by atoms with Crippen LogP contribution in [0.3, 0.4) is 0 Å². The Bertz CT molecular complexity index is 507. The van der Waals surface area contributed by atoms with Gasteiger partial charge in [-0.05, 0) is 16.5 Å². The molecule has 104 valence electrons. The Balaban J connectivity index is 0.00000180. The number of thioether (sulfide) groups is 1. The first-order valence-electron chi connectivity index (χ1n) is 5.67. The average molecular weight is 304 g/mol. The number of hydrogen-bond acceptors (Lipinski definition) is 4. The van der Waals surface area contributed by atoms with Gasteiger partial charge in [0.25, 0.3) is 0 Å². The van der Waals surface area contributed by atoms with Crippen molar-refractivity contribution in [1.29, 1.82) is 0 Å². The summed E-state index contributed by atoms with van der Waals surface area (Å²) in [5.41, 5.74) is 0.739. The smallest absolute Gasteiger partial charge is 0.209 e. The van der Waals surface area contributed by atoms with Crippen LogP contribution in [-0.2, 0) is 13.6 Å². The maximum atomic E-state index is 13.3. The van der Waals surface area contributed by atoms with Crippen molar-refractivity contribution >= 4 is 11.8 Å². The van der Waals surface area contributed by atoms with Crippen LogP contribution in [0.5, 0.6) is 0 Å². The van der Waals surface area contributed by atoms with Gasteiger partial charge in [0.05, 0.1) is 12.3 Å². The summed E-state index contributed by atoms with van der Waals surface area (Å²) in [6.45, 7) is 1.55. The summed E-state index contributed by atoms with van der Waals surface area (Å²) < 4.78 is 15.0. The molecule has 0 bridgehead atoms. The lowest BCUT2D eigenvalue weighted by molar-refractivity contribution is -0.666. The van der Waals surface area contributed by atoms with Gasteiger partial charge in [-0.2, -0.15) is 0 Å². The van der Waals surface area contributed by atoms with Gasteiger partial charge in [0.1, 0.15) is 12.4 Å². The fourth-order valence-corrected chi connectivity index (χ4v) is 2.28. The molecule has 0 atom stereocenters. The number of hydrogen-bond donors (Lipinski definition) is 1. The highest BCUT2D eigenvalue weighted by Gasteiger charge is 2.04. The molecule has 2 rings (SSSR count). The molecule has 0 amide bonds. The van der Waals surface area contributed by atoms with E-state index >= 15 is 0 Å². The Morgan fingerprint density at radius 2 is 2.16 bits per heavy atom. The zero-order valence-electron chi connectivity index (χ0n) is 10.5. The molecule has 0 aliphatic carbocycles. The van der Waals surface area contributed by atoms with Crippen molar-refractivity contribution in [3.63, 3.8) is 0 Å². The number of nitrogens with zero attached hydrogens (tertiary/aromatic N) is 4. The van der Waals surface area contributed by atoms with E-state index in [4.69, 9.17) is 0 Å². The molecular weight excluding hydrogens is 289 g/mol. The molecule has 1 aromatic carbocycles. The van der Waals surface area contributed by atoms with Gasteiger partial charge < -0.3 is 17.7 Å². The van der Waals surface area contributed by atoms with Gasteiger partial charge in [0.2, 0.25) is 5.16 Å². The van der Waals surface area contributed by atoms with Crippen LogP contribution in [0.15, 0.2) is 29.4 Å². The highest BCUT2D eigenvalue weighted by Crippen LogP contribution is 2.10. The zero-order chi connectivity index (χ0) is 12.8. The molecule has 0 unspecified atom stereocenters. The van der Waals surface area contributed by atoms with E-state index < -0.39 is 0 Å². The minimum absolute atomic E-state index is 0. The number of benzene rings is 1. The molecule has 0 radical (unpaired) electrons. The fraction of sp³-hybridized carbons (Fsp3) is 0.364. The molecular formula is C11H15ClFN5S. The van der Waals surface area contributed by atoms with Gasteiger partial charge in [-0.15, -0.1) is 5.10 Å². The summed E-state index contributed by atoms with van der Waals surface area (Å²) in [5, 5.41) is 14.1. The summed E-state index contributed by atoms with van der Waals surface area (Å²) in [7, 11) is 1.81. The molecule has 1 heterocycles. The van der Waals surface area contributed by atoms with E-state index in [1.807, 2.05) is 19.2 Å². The number of aryl methyl sites for hydroxylation is 1. The molecule has 0 fully saturated rings. The number of quaternary nitrogens is 1. The van der Waals surface area contributed by atoms with Gasteiger partial charge in [0, 0.05) is 12.6 Å². The second-order valence-electron chi connectivity index (χ2n) is 3.81. The number of rotatable bonds is 6. The van der Waals surface area contributed by atoms with E-state index in [0.29, 0.717) is 6.54 Å². The molecule has 0 saturated heterocycles.